The van der Waals surface area contributed by atoms with E-state index in [0.29, 0.717) is 12.3 Å². The van der Waals surface area contributed by atoms with E-state index < -0.39 is 17.2 Å². The Kier molecular flexibility index (Phi) is 3.71. The highest BCUT2D eigenvalue weighted by molar-refractivity contribution is 8.00. The molecule has 4 aliphatic rings. The van der Waals surface area contributed by atoms with Crippen LogP contribution in [0.5, 0.6) is 0 Å². The lowest BCUT2D eigenvalue weighted by atomic mass is 9.45. The lowest BCUT2D eigenvalue weighted by Gasteiger charge is -2.63. The molecule has 7 atom stereocenters. The second kappa shape index (κ2) is 5.22. The molecule has 0 radical (unpaired) electrons. The minimum atomic E-state index is -1.68. The number of fused-ring (bicyclic) bond motifs is 5. The molecule has 4 aliphatic carbocycles. The van der Waals surface area contributed by atoms with Gasteiger partial charge in [0.1, 0.15) is 0 Å². The van der Waals surface area contributed by atoms with E-state index >= 15 is 4.39 Å². The van der Waals surface area contributed by atoms with Gasteiger partial charge in [0.15, 0.2) is 11.5 Å². The molecular weight excluding hydrogens is 335 g/mol. The van der Waals surface area contributed by atoms with Crippen molar-refractivity contribution in [2.75, 3.05) is 6.26 Å². The highest BCUT2D eigenvalue weighted by atomic mass is 32.2. The standard InChI is InChI=1S/C21H29FO2S/c1-18-9-7-14(23)11-13(18)5-6-16-15-8-10-20(3,25-4)19(15,2)12-17(24)21(16,18)22/h7,9,11,15-17,24H,5-6,8,10,12H2,1-4H3/t15-,16-,17-,18-,19-,20+,21-/m0/s1. The van der Waals surface area contributed by atoms with Crippen LogP contribution in [0.2, 0.25) is 0 Å². The Morgan fingerprint density at radius 2 is 1.96 bits per heavy atom. The molecule has 4 rings (SSSR count). The molecule has 0 spiro atoms. The zero-order valence-electron chi connectivity index (χ0n) is 15.6. The molecule has 138 valence electrons. The Morgan fingerprint density at radius 1 is 1.24 bits per heavy atom. The predicted octanol–water partition coefficient (Wildman–Crippen LogP) is 4.48. The first-order valence-electron chi connectivity index (χ1n) is 9.49. The summed E-state index contributed by atoms with van der Waals surface area (Å²) in [6.45, 7) is 6.46. The van der Waals surface area contributed by atoms with E-state index in [1.165, 1.54) is 6.08 Å². The van der Waals surface area contributed by atoms with Crippen LogP contribution in [0.1, 0.15) is 52.9 Å². The molecule has 0 unspecified atom stereocenters. The molecule has 0 aromatic carbocycles. The smallest absolute Gasteiger partial charge is 0.178 e. The van der Waals surface area contributed by atoms with E-state index in [0.717, 1.165) is 31.3 Å². The Hall–Kier alpha value is -0.610. The van der Waals surface area contributed by atoms with Gasteiger partial charge in [0.2, 0.25) is 0 Å². The van der Waals surface area contributed by atoms with E-state index in [1.54, 1.807) is 12.2 Å². The number of rotatable bonds is 1. The summed E-state index contributed by atoms with van der Waals surface area (Å²) in [4.78, 5) is 11.8. The van der Waals surface area contributed by atoms with Crippen LogP contribution in [0.4, 0.5) is 4.39 Å². The van der Waals surface area contributed by atoms with Crippen molar-refractivity contribution in [1.82, 2.24) is 0 Å². The van der Waals surface area contributed by atoms with Crippen molar-refractivity contribution in [2.45, 2.75) is 69.4 Å². The normalized spacial score (nSPS) is 54.6. The molecule has 2 nitrogen and oxygen atoms in total. The summed E-state index contributed by atoms with van der Waals surface area (Å²) in [7, 11) is 0. The minimum Gasteiger partial charge on any atom is -0.390 e. The first-order valence-corrected chi connectivity index (χ1v) is 10.7. The van der Waals surface area contributed by atoms with Gasteiger partial charge in [0.25, 0.3) is 0 Å². The summed E-state index contributed by atoms with van der Waals surface area (Å²) in [5, 5.41) is 11.1. The summed E-state index contributed by atoms with van der Waals surface area (Å²) in [5.41, 5.74) is -1.71. The van der Waals surface area contributed by atoms with E-state index in [1.807, 2.05) is 18.7 Å². The number of allylic oxidation sites excluding steroid dienone is 4. The van der Waals surface area contributed by atoms with Gasteiger partial charge in [0, 0.05) is 16.1 Å². The fourth-order valence-electron chi connectivity index (χ4n) is 6.75. The maximum absolute atomic E-state index is 16.8. The van der Waals surface area contributed by atoms with Crippen molar-refractivity contribution in [3.63, 3.8) is 0 Å². The number of hydrogen-bond acceptors (Lipinski definition) is 3. The average molecular weight is 365 g/mol. The van der Waals surface area contributed by atoms with Crippen LogP contribution in [0.15, 0.2) is 23.8 Å². The third-order valence-electron chi connectivity index (χ3n) is 8.62. The number of halogens is 1. The number of aliphatic hydroxyl groups is 1. The number of ketones is 1. The molecule has 4 heteroatoms. The first-order chi connectivity index (χ1) is 11.6. The number of hydrogen-bond donors (Lipinski definition) is 1. The van der Waals surface area contributed by atoms with E-state index in [2.05, 4.69) is 20.1 Å². The predicted molar refractivity (Wildman–Crippen MR) is 100 cm³/mol. The maximum Gasteiger partial charge on any atom is 0.178 e. The second-order valence-electron chi connectivity index (χ2n) is 9.24. The quantitative estimate of drug-likeness (QED) is 0.745. The molecule has 0 aromatic heterocycles. The molecule has 1 N–H and O–H groups in total. The third kappa shape index (κ3) is 1.93. The van der Waals surface area contributed by atoms with Crippen molar-refractivity contribution in [3.8, 4) is 0 Å². The maximum atomic E-state index is 16.8. The highest BCUT2D eigenvalue weighted by Gasteiger charge is 2.72. The lowest BCUT2D eigenvalue weighted by molar-refractivity contribution is -0.191. The van der Waals surface area contributed by atoms with E-state index in [9.17, 15) is 9.90 Å². The SMILES string of the molecule is CS[C@]1(C)CC[C@H]2[C@@H]3CCC4=CC(=O)C=C[C@]4(C)[C@@]3(F)[C@@H](O)C[C@@]21C. The summed E-state index contributed by atoms with van der Waals surface area (Å²) in [6, 6.07) is 0. The van der Waals surface area contributed by atoms with Crippen LogP contribution in [-0.2, 0) is 4.79 Å². The fourth-order valence-corrected chi connectivity index (χ4v) is 7.77. The molecule has 3 fully saturated rings. The van der Waals surface area contributed by atoms with Gasteiger partial charge in [0.05, 0.1) is 6.10 Å². The fraction of sp³-hybridized carbons (Fsp3) is 0.762. The summed E-state index contributed by atoms with van der Waals surface area (Å²) < 4.78 is 16.9. The molecule has 3 saturated carbocycles. The molecular formula is C21H29FO2S. The topological polar surface area (TPSA) is 37.3 Å². The summed E-state index contributed by atoms with van der Waals surface area (Å²) >= 11 is 1.88. The van der Waals surface area contributed by atoms with Gasteiger partial charge in [-0.25, -0.2) is 4.39 Å². The van der Waals surface area contributed by atoms with Crippen molar-refractivity contribution in [1.29, 1.82) is 0 Å². The van der Waals surface area contributed by atoms with Gasteiger partial charge in [-0.2, -0.15) is 11.8 Å². The average Bonchev–Trinajstić information content (AvgIpc) is 2.82. The van der Waals surface area contributed by atoms with Gasteiger partial charge in [-0.05, 0) is 75.7 Å². The van der Waals surface area contributed by atoms with Gasteiger partial charge in [-0.3, -0.25) is 4.79 Å². The highest BCUT2D eigenvalue weighted by Crippen LogP contribution is 2.71. The van der Waals surface area contributed by atoms with Crippen LogP contribution in [0.3, 0.4) is 0 Å². The van der Waals surface area contributed by atoms with Gasteiger partial charge in [-0.15, -0.1) is 0 Å². The molecule has 0 saturated heterocycles. The largest absolute Gasteiger partial charge is 0.390 e. The number of aliphatic hydroxyl groups excluding tert-OH is 1. The van der Waals surface area contributed by atoms with E-state index in [-0.39, 0.29) is 21.9 Å². The molecule has 0 aliphatic heterocycles. The Morgan fingerprint density at radius 3 is 2.64 bits per heavy atom. The number of thioether (sulfide) groups is 1. The monoisotopic (exact) mass is 364 g/mol. The van der Waals surface area contributed by atoms with Gasteiger partial charge in [-0.1, -0.05) is 18.6 Å². The van der Waals surface area contributed by atoms with Crippen LogP contribution in [0.25, 0.3) is 0 Å². The Balaban J connectivity index is 1.82. The van der Waals surface area contributed by atoms with Crippen molar-refractivity contribution < 1.29 is 14.3 Å². The summed E-state index contributed by atoms with van der Waals surface area (Å²) in [5.74, 6) is 0.0958. The second-order valence-corrected chi connectivity index (χ2v) is 10.5. The van der Waals surface area contributed by atoms with Crippen LogP contribution < -0.4 is 0 Å². The molecule has 0 bridgehead atoms. The molecule has 25 heavy (non-hydrogen) atoms. The minimum absolute atomic E-state index is 0.0438. The van der Waals surface area contributed by atoms with E-state index in [4.69, 9.17) is 0 Å². The number of alkyl halides is 1. The van der Waals surface area contributed by atoms with Gasteiger partial charge >= 0.3 is 0 Å². The van der Waals surface area contributed by atoms with Crippen LogP contribution in [0, 0.1) is 22.7 Å². The molecule has 0 aromatic rings. The molecule has 0 amide bonds. The van der Waals surface area contributed by atoms with Crippen molar-refractivity contribution in [3.05, 3.63) is 23.8 Å². The number of carbonyl (C=O) groups excluding carboxylic acids is 1. The third-order valence-corrected chi connectivity index (χ3v) is 10.2. The zero-order valence-corrected chi connectivity index (χ0v) is 16.5. The first kappa shape index (κ1) is 17.8. The Bertz CT molecular complexity index is 687. The zero-order chi connectivity index (χ0) is 18.3. The summed E-state index contributed by atoms with van der Waals surface area (Å²) in [6.07, 6.45) is 10.1. The lowest BCUT2D eigenvalue weighted by Crippen LogP contribution is -2.67. The molecule has 0 heterocycles. The van der Waals surface area contributed by atoms with Crippen LogP contribution in [-0.4, -0.2) is 33.7 Å². The van der Waals surface area contributed by atoms with Crippen molar-refractivity contribution >= 4 is 17.5 Å². The number of carbonyl (C=O) groups is 1. The van der Waals surface area contributed by atoms with Crippen LogP contribution >= 0.6 is 11.8 Å². The van der Waals surface area contributed by atoms with Gasteiger partial charge < -0.3 is 5.11 Å². The van der Waals surface area contributed by atoms with Crippen molar-refractivity contribution in [2.24, 2.45) is 22.7 Å². The Labute approximate surface area is 154 Å².